The van der Waals surface area contributed by atoms with E-state index >= 15 is 0 Å². The number of unbranched alkanes of at least 4 members (excludes halogenated alkanes) is 1. The largest absolute Gasteiger partial charge is 0.391 e. The van der Waals surface area contributed by atoms with Crippen LogP contribution in [0.4, 0.5) is 0 Å². The maximum absolute atomic E-state index is 14.3. The molecule has 0 aliphatic carbocycles. The highest BCUT2D eigenvalue weighted by Crippen LogP contribution is 2.13. The van der Waals surface area contributed by atoms with Gasteiger partial charge in [0.25, 0.3) is 0 Å². The number of carbonyl (C=O) groups is 10. The first kappa shape index (κ1) is 71.3. The molecule has 0 heterocycles. The molecule has 0 saturated heterocycles. The predicted molar refractivity (Wildman–Crippen MR) is 296 cm³/mol. The van der Waals surface area contributed by atoms with Gasteiger partial charge in [0.15, 0.2) is 11.9 Å². The third-order valence-corrected chi connectivity index (χ3v) is 12.0. The van der Waals surface area contributed by atoms with E-state index in [0.717, 1.165) is 0 Å². The van der Waals surface area contributed by atoms with Gasteiger partial charge in [-0.15, -0.1) is 0 Å². The molecule has 0 saturated carbocycles. The maximum Gasteiger partial charge on any atom is 0.245 e. The first-order valence-electron chi connectivity index (χ1n) is 26.8. The number of hydrogen-bond acceptors (Lipinski definition) is 15. The number of carbonyl (C=O) groups excluding carboxylic acids is 10. The zero-order valence-corrected chi connectivity index (χ0v) is 47.2. The van der Waals surface area contributed by atoms with Gasteiger partial charge < -0.3 is 92.6 Å². The molecule has 0 radical (unpaired) electrons. The van der Waals surface area contributed by atoms with E-state index in [9.17, 15) is 53.1 Å². The Morgan fingerprint density at radius 3 is 1.23 bits per heavy atom. The fourth-order valence-corrected chi connectivity index (χ4v) is 7.91. The molecule has 0 aromatic heterocycles. The Bertz CT molecular complexity index is 1990. The highest BCUT2D eigenvalue weighted by molar-refractivity contribution is 5.98. The number of rotatable bonds is 40. The molecular weight excluding hydrogens is 1010 g/mol. The molecule has 0 aliphatic heterocycles. The molecule has 0 rings (SSSR count). The van der Waals surface area contributed by atoms with Crippen molar-refractivity contribution >= 4 is 71.4 Å². The van der Waals surface area contributed by atoms with Crippen molar-refractivity contribution in [1.82, 2.24) is 42.5 Å². The summed E-state index contributed by atoms with van der Waals surface area (Å²) >= 11 is 0. The third kappa shape index (κ3) is 30.3. The molecule has 10 atom stereocenters. The van der Waals surface area contributed by atoms with Crippen LogP contribution in [0.15, 0.2) is 9.98 Å². The average Bonchev–Trinajstić information content (AvgIpc) is 3.33. The number of aliphatic hydroxyl groups excluding tert-OH is 1. The van der Waals surface area contributed by atoms with Crippen LogP contribution in [0.25, 0.3) is 0 Å². The Morgan fingerprint density at radius 2 is 0.846 bits per heavy atom. The lowest BCUT2D eigenvalue weighted by molar-refractivity contribution is -0.137. The van der Waals surface area contributed by atoms with E-state index in [-0.39, 0.29) is 94.3 Å². The number of nitrogens with zero attached hydrogens (tertiary/aromatic N) is 2. The number of hydrogen-bond donors (Lipinski definition) is 16. The number of guanidine groups is 2. The number of primary amides is 1. The molecule has 0 aromatic carbocycles. The van der Waals surface area contributed by atoms with Crippen LogP contribution in [0.5, 0.6) is 0 Å². The van der Waals surface area contributed by atoms with Crippen molar-refractivity contribution in [2.75, 3.05) is 19.6 Å². The molecule has 0 unspecified atom stereocenters. The van der Waals surface area contributed by atoms with Gasteiger partial charge in [-0.25, -0.2) is 0 Å². The minimum Gasteiger partial charge on any atom is -0.391 e. The Hall–Kier alpha value is -6.68. The lowest BCUT2D eigenvalue weighted by Crippen LogP contribution is -2.62. The van der Waals surface area contributed by atoms with Crippen molar-refractivity contribution in [2.24, 2.45) is 73.8 Å². The second kappa shape index (κ2) is 38.0. The molecular formula is C50H95N17O11. The summed E-state index contributed by atoms with van der Waals surface area (Å²) in [5, 5.41) is 31.6. The topological polar surface area (TPSA) is 494 Å². The highest BCUT2D eigenvalue weighted by atomic mass is 16.3. The predicted octanol–water partition coefficient (Wildman–Crippen LogP) is -3.93. The number of nitrogens with two attached hydrogens (primary N) is 7. The van der Waals surface area contributed by atoms with Crippen LogP contribution in [0.1, 0.15) is 139 Å². The van der Waals surface area contributed by atoms with E-state index < -0.39 is 126 Å². The van der Waals surface area contributed by atoms with Crippen molar-refractivity contribution in [1.29, 1.82) is 0 Å². The molecule has 446 valence electrons. The molecule has 78 heavy (non-hydrogen) atoms. The summed E-state index contributed by atoms with van der Waals surface area (Å²) in [6, 6.07) is -11.5. The molecule has 23 N–H and O–H groups in total. The van der Waals surface area contributed by atoms with Crippen molar-refractivity contribution in [3.63, 3.8) is 0 Å². The third-order valence-electron chi connectivity index (χ3n) is 12.0. The maximum atomic E-state index is 14.3. The Labute approximate surface area is 459 Å². The monoisotopic (exact) mass is 1110 g/mol. The first-order valence-corrected chi connectivity index (χ1v) is 26.8. The van der Waals surface area contributed by atoms with Crippen LogP contribution >= 0.6 is 0 Å². The fourth-order valence-electron chi connectivity index (χ4n) is 7.91. The summed E-state index contributed by atoms with van der Waals surface area (Å²) in [4.78, 5) is 143. The smallest absolute Gasteiger partial charge is 0.245 e. The molecule has 0 spiro atoms. The lowest BCUT2D eigenvalue weighted by Gasteiger charge is -2.30. The van der Waals surface area contributed by atoms with E-state index in [2.05, 4.69) is 52.5 Å². The van der Waals surface area contributed by atoms with Crippen LogP contribution in [-0.2, 0) is 47.9 Å². The molecule has 28 heteroatoms. The molecule has 0 bridgehead atoms. The van der Waals surface area contributed by atoms with Crippen LogP contribution in [0.2, 0.25) is 0 Å². The highest BCUT2D eigenvalue weighted by Gasteiger charge is 2.36. The van der Waals surface area contributed by atoms with E-state index in [1.807, 2.05) is 27.7 Å². The minimum atomic E-state index is -1.65. The second-order valence-corrected chi connectivity index (χ2v) is 21.2. The normalized spacial score (nSPS) is 15.1. The summed E-state index contributed by atoms with van der Waals surface area (Å²) in [6.07, 6.45) is -0.0173. The zero-order chi connectivity index (χ0) is 59.8. The molecule has 0 aromatic rings. The van der Waals surface area contributed by atoms with Crippen LogP contribution in [0, 0.1) is 23.7 Å². The summed E-state index contributed by atoms with van der Waals surface area (Å²) in [5.41, 5.74) is 39.4. The number of aliphatic imine (C=N–C) groups is 2. The molecule has 0 fully saturated rings. The molecule has 9 amide bonds. The number of aliphatic hydroxyl groups is 1. The second-order valence-electron chi connectivity index (χ2n) is 21.2. The summed E-state index contributed by atoms with van der Waals surface area (Å²) in [7, 11) is 0. The average molecular weight is 1110 g/mol. The van der Waals surface area contributed by atoms with Crippen LogP contribution in [-0.4, -0.2) is 157 Å². The van der Waals surface area contributed by atoms with Crippen LogP contribution in [0.3, 0.4) is 0 Å². The van der Waals surface area contributed by atoms with Gasteiger partial charge in [-0.3, -0.25) is 53.1 Å². The minimum absolute atomic E-state index is 0.00609. The Balaban J connectivity index is 6.96. The standard InChI is InChI=1S/C50H95N17O11/c1-26(2)22-31(25-68)60-47(77)39(29(7)8)66-48(78)40(30(9)69)67-46(76)37(24-28(5)6)65-45(75)36(17-18-38(53)70)64-44(74)35(16-13-21-59-50(56)57)63-42(72)33(14-10-11-19-51)62-43(73)34(15-12-20-58-49(54)55)61-41(71)32(52)23-27(3)4/h25-37,39-40,69H,10-24,51-52H2,1-9H3,(H2,53,70)(H,60,77)(H,61,71)(H,62,73)(H,63,72)(H,64,74)(H,65,75)(H,66,78)(H,67,76)(H4,54,55,58)(H4,56,57,59)/t30-,31+,32+,33+,34+,35+,36+,37+,39+,40+/m1/s1. The van der Waals surface area contributed by atoms with Crippen LogP contribution < -0.4 is 82.7 Å². The van der Waals surface area contributed by atoms with E-state index in [1.165, 1.54) is 6.92 Å². The zero-order valence-electron chi connectivity index (χ0n) is 47.2. The van der Waals surface area contributed by atoms with Gasteiger partial charge in [0.1, 0.15) is 48.6 Å². The number of amides is 9. The lowest BCUT2D eigenvalue weighted by atomic mass is 9.99. The van der Waals surface area contributed by atoms with Gasteiger partial charge >= 0.3 is 0 Å². The molecule has 0 aliphatic rings. The van der Waals surface area contributed by atoms with Gasteiger partial charge in [0.05, 0.1) is 18.2 Å². The first-order chi connectivity index (χ1) is 36.4. The van der Waals surface area contributed by atoms with E-state index in [4.69, 9.17) is 40.1 Å². The van der Waals surface area contributed by atoms with Crippen molar-refractivity contribution in [3.8, 4) is 0 Å². The number of aldehydes is 1. The SMILES string of the molecule is CC(C)C[C@@H](C=O)NC(=O)[C@@H](NC(=O)[C@@H](NC(=O)[C@H](CC(C)C)NC(=O)[C@H](CCC(N)=O)NC(=O)[C@H](CCCN=C(N)N)NC(=O)[C@H](CCCCN)NC(=O)[C@H](CCCN=C(N)N)NC(=O)[C@@H](N)CC(C)C)[C@@H](C)O)C(C)C. The quantitative estimate of drug-likeness (QED) is 0.0121. The summed E-state index contributed by atoms with van der Waals surface area (Å²) in [6.45, 7) is 15.9. The van der Waals surface area contributed by atoms with Gasteiger partial charge in [-0.2, -0.15) is 0 Å². The Kier molecular flexibility index (Phi) is 34.7. The van der Waals surface area contributed by atoms with Gasteiger partial charge in [0, 0.05) is 19.5 Å². The van der Waals surface area contributed by atoms with Crippen molar-refractivity contribution in [3.05, 3.63) is 0 Å². The fraction of sp³-hybridized carbons (Fsp3) is 0.760. The van der Waals surface area contributed by atoms with Crippen molar-refractivity contribution < 1.29 is 53.1 Å². The Morgan fingerprint density at radius 1 is 0.462 bits per heavy atom. The van der Waals surface area contributed by atoms with Crippen molar-refractivity contribution in [2.45, 2.75) is 200 Å². The van der Waals surface area contributed by atoms with E-state index in [0.29, 0.717) is 32.0 Å². The van der Waals surface area contributed by atoms with E-state index in [1.54, 1.807) is 27.7 Å². The summed E-state index contributed by atoms with van der Waals surface area (Å²) in [5.74, 6) is -8.52. The summed E-state index contributed by atoms with van der Waals surface area (Å²) < 4.78 is 0. The van der Waals surface area contributed by atoms with Gasteiger partial charge in [-0.1, -0.05) is 55.4 Å². The van der Waals surface area contributed by atoms with Gasteiger partial charge in [-0.05, 0) is 108 Å². The van der Waals surface area contributed by atoms with Gasteiger partial charge in [0.2, 0.25) is 53.2 Å². The number of nitrogens with one attached hydrogen (secondary N) is 8. The molecule has 28 nitrogen and oxygen atoms in total.